The molecule has 0 unspecified atom stereocenters. The zero-order valence-electron chi connectivity index (χ0n) is 18.6. The number of amides is 1. The number of carbonyl (C=O) groups is 1. The van der Waals surface area contributed by atoms with Crippen LogP contribution in [0.15, 0.2) is 76.5 Å². The summed E-state index contributed by atoms with van der Waals surface area (Å²) in [7, 11) is 0. The van der Waals surface area contributed by atoms with Crippen LogP contribution >= 0.6 is 0 Å². The van der Waals surface area contributed by atoms with E-state index in [-0.39, 0.29) is 17.3 Å². The summed E-state index contributed by atoms with van der Waals surface area (Å²) in [5.41, 5.74) is 10.1. The number of nitrogen functional groups attached to an aromatic ring is 1. The van der Waals surface area contributed by atoms with Gasteiger partial charge in [0.25, 0.3) is 5.91 Å². The van der Waals surface area contributed by atoms with Gasteiger partial charge in [-0.2, -0.15) is 9.78 Å². The van der Waals surface area contributed by atoms with Crippen molar-refractivity contribution in [2.45, 2.75) is 6.92 Å². The van der Waals surface area contributed by atoms with E-state index in [0.29, 0.717) is 23.6 Å². The van der Waals surface area contributed by atoms with Gasteiger partial charge in [-0.1, -0.05) is 53.7 Å². The lowest BCUT2D eigenvalue weighted by Gasteiger charge is -2.08. The Morgan fingerprint density at radius 2 is 1.97 bits per heavy atom. The molecule has 0 aliphatic carbocycles. The van der Waals surface area contributed by atoms with Crippen LogP contribution in [0.4, 0.5) is 5.82 Å². The highest BCUT2D eigenvalue weighted by Crippen LogP contribution is 2.29. The van der Waals surface area contributed by atoms with Gasteiger partial charge in [0.1, 0.15) is 11.4 Å². The van der Waals surface area contributed by atoms with Crippen LogP contribution in [0.2, 0.25) is 0 Å². The van der Waals surface area contributed by atoms with Crippen LogP contribution in [-0.2, 0) is 0 Å². The van der Waals surface area contributed by atoms with Crippen molar-refractivity contribution in [3.63, 3.8) is 0 Å². The molecule has 174 valence electrons. The van der Waals surface area contributed by atoms with Gasteiger partial charge in [0.15, 0.2) is 5.69 Å². The molecule has 2 aromatic heterocycles. The van der Waals surface area contributed by atoms with Crippen LogP contribution in [0, 0.1) is 0 Å². The molecule has 0 aliphatic heterocycles. The number of nitrogens with two attached hydrogens (primary N) is 1. The molecule has 0 bridgehead atoms. The van der Waals surface area contributed by atoms with Crippen molar-refractivity contribution < 1.29 is 14.2 Å². The van der Waals surface area contributed by atoms with Gasteiger partial charge >= 0.3 is 0 Å². The summed E-state index contributed by atoms with van der Waals surface area (Å²) in [5, 5.41) is 21.8. The second-order valence-corrected chi connectivity index (χ2v) is 7.44. The number of hydrogen-bond donors (Lipinski definition) is 2. The largest absolute Gasteiger partial charge is 0.494 e. The Hall–Kier alpha value is -5.06. The summed E-state index contributed by atoms with van der Waals surface area (Å²) in [6.07, 6.45) is 1.56. The van der Waals surface area contributed by atoms with E-state index in [1.54, 1.807) is 30.5 Å². The number of benzene rings is 3. The smallest absolute Gasteiger partial charge is 0.294 e. The molecule has 3 N–H and O–H groups in total. The minimum Gasteiger partial charge on any atom is -0.494 e. The van der Waals surface area contributed by atoms with E-state index < -0.39 is 5.91 Å². The van der Waals surface area contributed by atoms with E-state index in [4.69, 9.17) is 15.1 Å². The van der Waals surface area contributed by atoms with Crippen molar-refractivity contribution in [2.24, 2.45) is 5.10 Å². The molecule has 5 aromatic rings. The molecular formula is C24H20N8O3. The van der Waals surface area contributed by atoms with E-state index in [2.05, 4.69) is 31.2 Å². The fraction of sp³-hybridized carbons (Fsp3) is 0.0833. The van der Waals surface area contributed by atoms with Crippen molar-refractivity contribution in [3.05, 3.63) is 78.0 Å². The monoisotopic (exact) mass is 468 g/mol. The van der Waals surface area contributed by atoms with E-state index in [0.717, 1.165) is 16.3 Å². The number of ether oxygens (including phenoxy) is 1. The van der Waals surface area contributed by atoms with Gasteiger partial charge < -0.3 is 10.5 Å². The second-order valence-electron chi connectivity index (χ2n) is 7.44. The number of aromatic nitrogens is 5. The van der Waals surface area contributed by atoms with Crippen molar-refractivity contribution in [1.82, 2.24) is 30.7 Å². The first-order valence-corrected chi connectivity index (χ1v) is 10.7. The topological polar surface area (TPSA) is 146 Å². The van der Waals surface area contributed by atoms with Crippen molar-refractivity contribution in [1.29, 1.82) is 0 Å². The molecule has 0 aliphatic rings. The quantitative estimate of drug-likeness (QED) is 0.273. The van der Waals surface area contributed by atoms with Gasteiger partial charge in [-0.25, -0.2) is 10.1 Å². The molecule has 0 radical (unpaired) electrons. The van der Waals surface area contributed by atoms with Gasteiger partial charge in [-0.15, -0.1) is 5.10 Å². The average molecular weight is 468 g/mol. The van der Waals surface area contributed by atoms with Crippen LogP contribution < -0.4 is 15.9 Å². The van der Waals surface area contributed by atoms with E-state index >= 15 is 0 Å². The summed E-state index contributed by atoms with van der Waals surface area (Å²) < 4.78 is 11.6. The molecule has 2 heterocycles. The lowest BCUT2D eigenvalue weighted by Crippen LogP contribution is -2.19. The van der Waals surface area contributed by atoms with E-state index in [1.807, 2.05) is 49.4 Å². The predicted molar refractivity (Wildman–Crippen MR) is 129 cm³/mol. The molecule has 0 spiro atoms. The summed E-state index contributed by atoms with van der Waals surface area (Å²) in [4.78, 5) is 13.1. The number of hydrazone groups is 1. The van der Waals surface area contributed by atoms with Crippen molar-refractivity contribution >= 4 is 28.7 Å². The van der Waals surface area contributed by atoms with Gasteiger partial charge in [-0.05, 0) is 51.8 Å². The number of carbonyl (C=O) groups excluding carboxylic acids is 1. The number of anilines is 1. The van der Waals surface area contributed by atoms with Crippen LogP contribution in [0.25, 0.3) is 27.8 Å². The second kappa shape index (κ2) is 9.43. The van der Waals surface area contributed by atoms with Gasteiger partial charge in [-0.3, -0.25) is 4.79 Å². The fourth-order valence-corrected chi connectivity index (χ4v) is 3.59. The first-order valence-electron chi connectivity index (χ1n) is 10.7. The number of nitrogens with one attached hydrogen (secondary N) is 1. The van der Waals surface area contributed by atoms with Crippen LogP contribution in [0.3, 0.4) is 0 Å². The summed E-state index contributed by atoms with van der Waals surface area (Å²) in [5.74, 6) is 0.149. The fourth-order valence-electron chi connectivity index (χ4n) is 3.59. The number of rotatable bonds is 7. The molecular weight excluding hydrogens is 448 g/mol. The molecule has 11 nitrogen and oxygen atoms in total. The minimum absolute atomic E-state index is 0.00149. The van der Waals surface area contributed by atoms with Gasteiger partial charge in [0.05, 0.1) is 12.8 Å². The van der Waals surface area contributed by atoms with Crippen LogP contribution in [-0.4, -0.2) is 44.0 Å². The SMILES string of the molecule is CCOc1cccc(-c2c(C(=O)NN=Cc3ccc4ccccc4c3)nnn2-c2nonc2N)c1. The third kappa shape index (κ3) is 4.42. The molecule has 11 heteroatoms. The zero-order chi connectivity index (χ0) is 24.2. The molecule has 0 atom stereocenters. The van der Waals surface area contributed by atoms with E-state index in [1.165, 1.54) is 4.68 Å². The first kappa shape index (κ1) is 21.8. The molecule has 3 aromatic carbocycles. The maximum absolute atomic E-state index is 13.1. The highest BCUT2D eigenvalue weighted by molar-refractivity contribution is 5.99. The van der Waals surface area contributed by atoms with Crippen molar-refractivity contribution in [2.75, 3.05) is 12.3 Å². The number of fused-ring (bicyclic) bond motifs is 1. The standard InChI is InChI=1S/C24H20N8O3/c1-2-34-19-9-5-8-18(13-19)21-20(27-31-32(21)23-22(25)29-35-30-23)24(33)28-26-14-15-10-11-16-6-3-4-7-17(16)12-15/h3-14H,2H2,1H3,(H2,25,29)(H,28,33). The normalized spacial score (nSPS) is 11.2. The van der Waals surface area contributed by atoms with Crippen LogP contribution in [0.5, 0.6) is 5.75 Å². The third-order valence-electron chi connectivity index (χ3n) is 5.15. The summed E-state index contributed by atoms with van der Waals surface area (Å²) >= 11 is 0. The Kier molecular flexibility index (Phi) is 5.87. The Bertz CT molecular complexity index is 1540. The van der Waals surface area contributed by atoms with Crippen LogP contribution in [0.1, 0.15) is 23.0 Å². The highest BCUT2D eigenvalue weighted by atomic mass is 16.6. The zero-order valence-corrected chi connectivity index (χ0v) is 18.6. The minimum atomic E-state index is -0.569. The lowest BCUT2D eigenvalue weighted by atomic mass is 10.1. The Balaban J connectivity index is 1.47. The predicted octanol–water partition coefficient (Wildman–Crippen LogP) is 3.22. The van der Waals surface area contributed by atoms with E-state index in [9.17, 15) is 4.79 Å². The molecule has 1 amide bonds. The number of nitrogens with zero attached hydrogens (tertiary/aromatic N) is 6. The number of hydrogen-bond acceptors (Lipinski definition) is 9. The molecule has 0 saturated carbocycles. The maximum Gasteiger partial charge on any atom is 0.294 e. The van der Waals surface area contributed by atoms with Gasteiger partial charge in [0.2, 0.25) is 11.6 Å². The molecule has 35 heavy (non-hydrogen) atoms. The molecule has 5 rings (SSSR count). The summed E-state index contributed by atoms with van der Waals surface area (Å²) in [6, 6.07) is 21.0. The Labute approximate surface area is 199 Å². The highest BCUT2D eigenvalue weighted by Gasteiger charge is 2.25. The van der Waals surface area contributed by atoms with Crippen molar-refractivity contribution in [3.8, 4) is 22.8 Å². The summed E-state index contributed by atoms with van der Waals surface area (Å²) in [6.45, 7) is 2.37. The maximum atomic E-state index is 13.1. The Morgan fingerprint density at radius 1 is 1.11 bits per heavy atom. The molecule has 0 fully saturated rings. The van der Waals surface area contributed by atoms with Gasteiger partial charge in [0, 0.05) is 5.56 Å². The molecule has 0 saturated heterocycles. The lowest BCUT2D eigenvalue weighted by molar-refractivity contribution is 0.0950. The first-order chi connectivity index (χ1) is 17.1. The third-order valence-corrected chi connectivity index (χ3v) is 5.15. The average Bonchev–Trinajstić information content (AvgIpc) is 3.50. The Morgan fingerprint density at radius 3 is 2.77 bits per heavy atom.